The van der Waals surface area contributed by atoms with Gasteiger partial charge in [0.2, 0.25) is 0 Å². The van der Waals surface area contributed by atoms with Crippen molar-refractivity contribution in [2.24, 2.45) is 5.84 Å². The Balaban J connectivity index is 1.99. The highest BCUT2D eigenvalue weighted by molar-refractivity contribution is 8.00. The molecule has 2 atom stereocenters. The number of hydrogen-bond acceptors (Lipinski definition) is 4. The number of hydrogen-bond donors (Lipinski definition) is 2. The van der Waals surface area contributed by atoms with Gasteiger partial charge in [-0.25, -0.2) is 4.98 Å². The smallest absolute Gasteiger partial charge is 0.110 e. The monoisotopic (exact) mass is 254 g/mol. The van der Waals surface area contributed by atoms with Gasteiger partial charge in [-0.1, -0.05) is 6.92 Å². The summed E-state index contributed by atoms with van der Waals surface area (Å²) in [4.78, 5) is 4.45. The van der Waals surface area contributed by atoms with Crippen molar-refractivity contribution < 1.29 is 0 Å². The van der Waals surface area contributed by atoms with Gasteiger partial charge in [0.05, 0.1) is 0 Å². The number of rotatable bonds is 6. The topological polar surface area (TPSA) is 55.9 Å². The van der Waals surface area contributed by atoms with Crippen molar-refractivity contribution in [2.75, 3.05) is 5.75 Å². The minimum Gasteiger partial charge on any atom is -0.335 e. The summed E-state index contributed by atoms with van der Waals surface area (Å²) in [7, 11) is 0. The summed E-state index contributed by atoms with van der Waals surface area (Å²) in [5, 5.41) is 0.645. The molecule has 2 rings (SSSR count). The Morgan fingerprint density at radius 2 is 2.59 bits per heavy atom. The van der Waals surface area contributed by atoms with Crippen molar-refractivity contribution in [3.63, 3.8) is 0 Å². The van der Waals surface area contributed by atoms with Crippen LogP contribution in [0, 0.1) is 0 Å². The second-order valence-electron chi connectivity index (χ2n) is 4.57. The molecule has 1 saturated heterocycles. The molecule has 96 valence electrons. The molecule has 1 fully saturated rings. The standard InChI is InChI=1S/C12H22N4S/c1-2-6-16-7-5-14-12(16)9-10(15-13)11-4-3-8-17-11/h5,7,10-11,15H,2-4,6,8-9,13H2,1H3. The van der Waals surface area contributed by atoms with Crippen LogP contribution in [0.3, 0.4) is 0 Å². The van der Waals surface area contributed by atoms with Crippen molar-refractivity contribution in [1.82, 2.24) is 15.0 Å². The van der Waals surface area contributed by atoms with Crippen LogP contribution in [-0.2, 0) is 13.0 Å². The van der Waals surface area contributed by atoms with E-state index < -0.39 is 0 Å². The molecule has 0 bridgehead atoms. The van der Waals surface area contributed by atoms with E-state index in [2.05, 4.69) is 28.1 Å². The van der Waals surface area contributed by atoms with Crippen molar-refractivity contribution in [3.8, 4) is 0 Å². The van der Waals surface area contributed by atoms with Crippen LogP contribution in [-0.4, -0.2) is 26.6 Å². The Hall–Kier alpha value is -0.520. The molecule has 5 heteroatoms. The molecule has 1 aliphatic heterocycles. The molecular formula is C12H22N4S. The van der Waals surface area contributed by atoms with Crippen LogP contribution in [0.5, 0.6) is 0 Å². The average Bonchev–Trinajstić information content (AvgIpc) is 2.97. The average molecular weight is 254 g/mol. The van der Waals surface area contributed by atoms with E-state index in [1.165, 1.54) is 18.6 Å². The highest BCUT2D eigenvalue weighted by Gasteiger charge is 2.26. The lowest BCUT2D eigenvalue weighted by molar-refractivity contribution is 0.474. The van der Waals surface area contributed by atoms with Crippen LogP contribution in [0.1, 0.15) is 32.0 Å². The van der Waals surface area contributed by atoms with E-state index in [0.29, 0.717) is 11.3 Å². The van der Waals surface area contributed by atoms with Crippen LogP contribution >= 0.6 is 11.8 Å². The van der Waals surface area contributed by atoms with Gasteiger partial charge >= 0.3 is 0 Å². The third-order valence-corrected chi connectivity index (χ3v) is 4.81. The first-order valence-electron chi connectivity index (χ1n) is 6.43. The molecule has 0 radical (unpaired) electrons. The van der Waals surface area contributed by atoms with E-state index in [-0.39, 0.29) is 0 Å². The van der Waals surface area contributed by atoms with E-state index in [0.717, 1.165) is 25.2 Å². The Labute approximate surface area is 107 Å². The summed E-state index contributed by atoms with van der Waals surface area (Å²) in [6.07, 6.45) is 8.61. The predicted octanol–water partition coefficient (Wildman–Crippen LogP) is 1.56. The van der Waals surface area contributed by atoms with Gasteiger partial charge < -0.3 is 4.57 Å². The molecule has 1 aliphatic rings. The minimum atomic E-state index is 0.348. The Kier molecular flexibility index (Phi) is 4.88. The third-order valence-electron chi connectivity index (χ3n) is 3.30. The molecular weight excluding hydrogens is 232 g/mol. The number of nitrogens with zero attached hydrogens (tertiary/aromatic N) is 2. The quantitative estimate of drug-likeness (QED) is 0.597. The largest absolute Gasteiger partial charge is 0.335 e. The molecule has 2 heterocycles. The summed E-state index contributed by atoms with van der Waals surface area (Å²) in [5.74, 6) is 8.12. The highest BCUT2D eigenvalue weighted by Crippen LogP contribution is 2.29. The summed E-state index contributed by atoms with van der Waals surface area (Å²) in [6.45, 7) is 3.24. The SMILES string of the molecule is CCCn1ccnc1CC(NN)C1CCCS1. The fourth-order valence-electron chi connectivity index (χ4n) is 2.39. The van der Waals surface area contributed by atoms with E-state index >= 15 is 0 Å². The Morgan fingerprint density at radius 1 is 1.71 bits per heavy atom. The van der Waals surface area contributed by atoms with Gasteiger partial charge in [-0.05, 0) is 25.0 Å². The summed E-state index contributed by atoms with van der Waals surface area (Å²) < 4.78 is 2.24. The zero-order valence-corrected chi connectivity index (χ0v) is 11.2. The van der Waals surface area contributed by atoms with Gasteiger partial charge in [0.25, 0.3) is 0 Å². The van der Waals surface area contributed by atoms with Crippen molar-refractivity contribution >= 4 is 11.8 Å². The number of thioether (sulfide) groups is 1. The van der Waals surface area contributed by atoms with Gasteiger partial charge in [-0.2, -0.15) is 11.8 Å². The van der Waals surface area contributed by atoms with E-state index in [4.69, 9.17) is 5.84 Å². The summed E-state index contributed by atoms with van der Waals surface area (Å²) in [5.41, 5.74) is 2.98. The maximum atomic E-state index is 5.69. The molecule has 1 aromatic heterocycles. The van der Waals surface area contributed by atoms with Crippen LogP contribution in [0.2, 0.25) is 0 Å². The molecule has 0 aromatic carbocycles. The molecule has 17 heavy (non-hydrogen) atoms. The van der Waals surface area contributed by atoms with Crippen molar-refractivity contribution in [1.29, 1.82) is 0 Å². The maximum absolute atomic E-state index is 5.69. The third kappa shape index (κ3) is 3.24. The molecule has 0 spiro atoms. The Morgan fingerprint density at radius 3 is 3.24 bits per heavy atom. The van der Waals surface area contributed by atoms with Crippen LogP contribution in [0.25, 0.3) is 0 Å². The fraction of sp³-hybridized carbons (Fsp3) is 0.750. The van der Waals surface area contributed by atoms with Gasteiger partial charge in [0.1, 0.15) is 5.82 Å². The molecule has 0 saturated carbocycles. The van der Waals surface area contributed by atoms with Crippen LogP contribution in [0.4, 0.5) is 0 Å². The maximum Gasteiger partial charge on any atom is 0.110 e. The zero-order chi connectivity index (χ0) is 12.1. The predicted molar refractivity (Wildman–Crippen MR) is 72.8 cm³/mol. The van der Waals surface area contributed by atoms with Crippen molar-refractivity contribution in [3.05, 3.63) is 18.2 Å². The molecule has 1 aromatic rings. The lowest BCUT2D eigenvalue weighted by Crippen LogP contribution is -2.43. The number of nitrogens with one attached hydrogen (secondary N) is 1. The van der Waals surface area contributed by atoms with Gasteiger partial charge in [-0.3, -0.25) is 11.3 Å². The van der Waals surface area contributed by atoms with E-state index in [1.54, 1.807) is 0 Å². The number of hydrazine groups is 1. The second kappa shape index (κ2) is 6.42. The Bertz CT molecular complexity index is 333. The number of imidazole rings is 1. The summed E-state index contributed by atoms with van der Waals surface area (Å²) >= 11 is 2.04. The molecule has 0 amide bonds. The van der Waals surface area contributed by atoms with Crippen molar-refractivity contribution in [2.45, 2.75) is 50.4 Å². The first-order chi connectivity index (χ1) is 8.35. The molecule has 3 N–H and O–H groups in total. The van der Waals surface area contributed by atoms with Gasteiger partial charge in [-0.15, -0.1) is 0 Å². The van der Waals surface area contributed by atoms with Gasteiger partial charge in [0, 0.05) is 36.7 Å². The number of aromatic nitrogens is 2. The molecule has 4 nitrogen and oxygen atoms in total. The van der Waals surface area contributed by atoms with Crippen LogP contribution in [0.15, 0.2) is 12.4 Å². The molecule has 2 unspecified atom stereocenters. The molecule has 0 aliphatic carbocycles. The normalized spacial score (nSPS) is 21.9. The second-order valence-corrected chi connectivity index (χ2v) is 5.91. The fourth-order valence-corrected chi connectivity index (χ4v) is 3.77. The van der Waals surface area contributed by atoms with Gasteiger partial charge in [0.15, 0.2) is 0 Å². The highest BCUT2D eigenvalue weighted by atomic mass is 32.2. The minimum absolute atomic E-state index is 0.348. The number of aryl methyl sites for hydroxylation is 1. The number of nitrogens with two attached hydrogens (primary N) is 1. The lowest BCUT2D eigenvalue weighted by Gasteiger charge is -2.22. The summed E-state index contributed by atoms with van der Waals surface area (Å²) in [6, 6.07) is 0.348. The van der Waals surface area contributed by atoms with E-state index in [9.17, 15) is 0 Å². The lowest BCUT2D eigenvalue weighted by atomic mass is 10.1. The van der Waals surface area contributed by atoms with Crippen LogP contribution < -0.4 is 11.3 Å². The first-order valence-corrected chi connectivity index (χ1v) is 7.47. The zero-order valence-electron chi connectivity index (χ0n) is 10.4. The first kappa shape index (κ1) is 12.9. The van der Waals surface area contributed by atoms with E-state index in [1.807, 2.05) is 18.0 Å².